The third kappa shape index (κ3) is 2.99. The molecule has 2 amide bonds. The second-order valence-corrected chi connectivity index (χ2v) is 5.72. The Bertz CT molecular complexity index is 576. The number of benzene rings is 1. The zero-order valence-corrected chi connectivity index (χ0v) is 12.0. The summed E-state index contributed by atoms with van der Waals surface area (Å²) < 4.78 is 0. The van der Waals surface area contributed by atoms with Crippen molar-refractivity contribution in [3.05, 3.63) is 41.4 Å². The third-order valence-corrected chi connectivity index (χ3v) is 4.33. The van der Waals surface area contributed by atoms with Crippen LogP contribution in [0.25, 0.3) is 10.6 Å². The number of thiazole rings is 1. The number of aromatic nitrogens is 1. The van der Waals surface area contributed by atoms with Gasteiger partial charge < -0.3 is 10.2 Å². The first-order valence-corrected chi connectivity index (χ1v) is 7.73. The Kier molecular flexibility index (Phi) is 3.97. The van der Waals surface area contributed by atoms with E-state index >= 15 is 0 Å². The summed E-state index contributed by atoms with van der Waals surface area (Å²) in [5.41, 5.74) is 2.04. The number of amides is 2. The Morgan fingerprint density at radius 1 is 1.25 bits per heavy atom. The molecule has 1 N–H and O–H groups in total. The van der Waals surface area contributed by atoms with Gasteiger partial charge in [-0.25, -0.2) is 9.78 Å². The number of hydrogen-bond donors (Lipinski definition) is 1. The lowest BCUT2D eigenvalue weighted by atomic mass is 10.2. The molecule has 1 saturated heterocycles. The Balaban J connectivity index is 1.59. The minimum Gasteiger partial charge on any atom is -0.332 e. The lowest BCUT2D eigenvalue weighted by molar-refractivity contribution is 0.208. The molecule has 2 heterocycles. The van der Waals surface area contributed by atoms with Gasteiger partial charge in [0, 0.05) is 24.0 Å². The highest BCUT2D eigenvalue weighted by Crippen LogP contribution is 2.23. The summed E-state index contributed by atoms with van der Waals surface area (Å²) >= 11 is 1.61. The number of nitrogens with one attached hydrogen (secondary N) is 1. The summed E-state index contributed by atoms with van der Waals surface area (Å²) in [5.74, 6) is 0. The molecule has 0 atom stereocenters. The van der Waals surface area contributed by atoms with Crippen LogP contribution in [0.1, 0.15) is 18.5 Å². The second-order valence-electron chi connectivity index (χ2n) is 4.86. The van der Waals surface area contributed by atoms with Crippen LogP contribution in [-0.4, -0.2) is 29.0 Å². The van der Waals surface area contributed by atoms with Gasteiger partial charge in [-0.05, 0) is 12.8 Å². The molecule has 5 heteroatoms. The minimum absolute atomic E-state index is 0.0248. The van der Waals surface area contributed by atoms with Crippen LogP contribution in [0, 0.1) is 0 Å². The number of carbonyl (C=O) groups is 1. The Morgan fingerprint density at radius 2 is 2.00 bits per heavy atom. The third-order valence-electron chi connectivity index (χ3n) is 3.39. The molecule has 1 aliphatic rings. The van der Waals surface area contributed by atoms with Crippen molar-refractivity contribution in [3.63, 3.8) is 0 Å². The molecule has 4 nitrogen and oxygen atoms in total. The molecule has 0 spiro atoms. The smallest absolute Gasteiger partial charge is 0.317 e. The zero-order chi connectivity index (χ0) is 13.8. The first kappa shape index (κ1) is 13.1. The van der Waals surface area contributed by atoms with Crippen LogP contribution >= 0.6 is 11.3 Å². The largest absolute Gasteiger partial charge is 0.332 e. The van der Waals surface area contributed by atoms with Gasteiger partial charge in [0.15, 0.2) is 0 Å². The van der Waals surface area contributed by atoms with E-state index in [0.29, 0.717) is 6.54 Å². The highest BCUT2D eigenvalue weighted by atomic mass is 32.1. The minimum atomic E-state index is 0.0248. The number of rotatable bonds is 3. The van der Waals surface area contributed by atoms with E-state index < -0.39 is 0 Å². The maximum absolute atomic E-state index is 11.9. The van der Waals surface area contributed by atoms with E-state index in [1.54, 1.807) is 11.3 Å². The predicted octanol–water partition coefficient (Wildman–Crippen LogP) is 3.12. The molecule has 20 heavy (non-hydrogen) atoms. The van der Waals surface area contributed by atoms with E-state index in [-0.39, 0.29) is 6.03 Å². The fraction of sp³-hybridized carbons (Fsp3) is 0.333. The number of likely N-dealkylation sites (tertiary alicyclic amines) is 1. The monoisotopic (exact) mass is 287 g/mol. The van der Waals surface area contributed by atoms with E-state index in [0.717, 1.165) is 42.2 Å². The maximum atomic E-state index is 11.9. The summed E-state index contributed by atoms with van der Waals surface area (Å²) in [6.07, 6.45) is 2.23. The Morgan fingerprint density at radius 3 is 2.75 bits per heavy atom. The van der Waals surface area contributed by atoms with Crippen molar-refractivity contribution < 1.29 is 4.79 Å². The quantitative estimate of drug-likeness (QED) is 0.942. The zero-order valence-electron chi connectivity index (χ0n) is 11.2. The molecular weight excluding hydrogens is 270 g/mol. The van der Waals surface area contributed by atoms with E-state index in [2.05, 4.69) is 10.3 Å². The van der Waals surface area contributed by atoms with Crippen LogP contribution in [0.3, 0.4) is 0 Å². The first-order chi connectivity index (χ1) is 9.83. The van der Waals surface area contributed by atoms with Crippen LogP contribution in [0.15, 0.2) is 35.7 Å². The maximum Gasteiger partial charge on any atom is 0.317 e. The molecule has 0 bridgehead atoms. The molecule has 104 valence electrons. The van der Waals surface area contributed by atoms with Gasteiger partial charge in [-0.3, -0.25) is 0 Å². The van der Waals surface area contributed by atoms with Crippen LogP contribution in [0.4, 0.5) is 4.79 Å². The summed E-state index contributed by atoms with van der Waals surface area (Å²) in [5, 5.41) is 5.94. The van der Waals surface area contributed by atoms with Crippen molar-refractivity contribution in [2.75, 3.05) is 13.1 Å². The average molecular weight is 287 g/mol. The van der Waals surface area contributed by atoms with Crippen molar-refractivity contribution >= 4 is 17.4 Å². The SMILES string of the molecule is O=C(NCc1csc(-c2ccccc2)n1)N1CCCC1. The predicted molar refractivity (Wildman–Crippen MR) is 80.6 cm³/mol. The fourth-order valence-electron chi connectivity index (χ4n) is 2.30. The van der Waals surface area contributed by atoms with E-state index in [1.165, 1.54) is 0 Å². The number of nitrogens with zero attached hydrogens (tertiary/aromatic N) is 2. The van der Waals surface area contributed by atoms with Gasteiger partial charge >= 0.3 is 6.03 Å². The van der Waals surface area contributed by atoms with Gasteiger partial charge in [0.25, 0.3) is 0 Å². The summed E-state index contributed by atoms with van der Waals surface area (Å²) in [4.78, 5) is 18.3. The van der Waals surface area contributed by atoms with Crippen molar-refractivity contribution in [1.82, 2.24) is 15.2 Å². The lowest BCUT2D eigenvalue weighted by Crippen LogP contribution is -2.37. The van der Waals surface area contributed by atoms with E-state index in [9.17, 15) is 4.79 Å². The van der Waals surface area contributed by atoms with Gasteiger partial charge in [-0.1, -0.05) is 30.3 Å². The topological polar surface area (TPSA) is 45.2 Å². The van der Waals surface area contributed by atoms with Crippen molar-refractivity contribution in [3.8, 4) is 10.6 Å². The van der Waals surface area contributed by atoms with Crippen molar-refractivity contribution in [1.29, 1.82) is 0 Å². The average Bonchev–Trinajstić information content (AvgIpc) is 3.17. The molecule has 0 radical (unpaired) electrons. The van der Waals surface area contributed by atoms with E-state index in [1.807, 2.05) is 40.6 Å². The van der Waals surface area contributed by atoms with E-state index in [4.69, 9.17) is 0 Å². The van der Waals surface area contributed by atoms with Crippen molar-refractivity contribution in [2.45, 2.75) is 19.4 Å². The van der Waals surface area contributed by atoms with Gasteiger partial charge in [0.1, 0.15) is 5.01 Å². The van der Waals surface area contributed by atoms with Gasteiger partial charge in [-0.2, -0.15) is 0 Å². The molecule has 3 rings (SSSR count). The molecule has 0 saturated carbocycles. The molecular formula is C15H17N3OS. The molecule has 1 aliphatic heterocycles. The normalized spacial score (nSPS) is 14.5. The summed E-state index contributed by atoms with van der Waals surface area (Å²) in [7, 11) is 0. The van der Waals surface area contributed by atoms with Gasteiger partial charge in [-0.15, -0.1) is 11.3 Å². The molecule has 1 fully saturated rings. The number of urea groups is 1. The van der Waals surface area contributed by atoms with Gasteiger partial charge in [0.05, 0.1) is 12.2 Å². The summed E-state index contributed by atoms with van der Waals surface area (Å²) in [6, 6.07) is 10.1. The highest BCUT2D eigenvalue weighted by Gasteiger charge is 2.17. The molecule has 1 aromatic heterocycles. The standard InChI is InChI=1S/C15H17N3OS/c19-15(18-8-4-5-9-18)16-10-13-11-20-14(17-13)12-6-2-1-3-7-12/h1-3,6-7,11H,4-5,8-10H2,(H,16,19). The molecule has 0 unspecified atom stereocenters. The molecule has 1 aromatic carbocycles. The number of carbonyl (C=O) groups excluding carboxylic acids is 1. The summed E-state index contributed by atoms with van der Waals surface area (Å²) in [6.45, 7) is 2.25. The Hall–Kier alpha value is -1.88. The lowest BCUT2D eigenvalue weighted by Gasteiger charge is -2.15. The highest BCUT2D eigenvalue weighted by molar-refractivity contribution is 7.13. The van der Waals surface area contributed by atoms with Crippen LogP contribution in [-0.2, 0) is 6.54 Å². The van der Waals surface area contributed by atoms with Crippen molar-refractivity contribution in [2.24, 2.45) is 0 Å². The molecule has 2 aromatic rings. The van der Waals surface area contributed by atoms with Gasteiger partial charge in [0.2, 0.25) is 0 Å². The van der Waals surface area contributed by atoms with Crippen LogP contribution < -0.4 is 5.32 Å². The Labute approximate surface area is 122 Å². The second kappa shape index (κ2) is 6.05. The number of hydrogen-bond acceptors (Lipinski definition) is 3. The van der Waals surface area contributed by atoms with Crippen LogP contribution in [0.5, 0.6) is 0 Å². The van der Waals surface area contributed by atoms with Crippen LogP contribution in [0.2, 0.25) is 0 Å². The first-order valence-electron chi connectivity index (χ1n) is 6.85. The fourth-order valence-corrected chi connectivity index (χ4v) is 3.13. The molecule has 0 aliphatic carbocycles.